The Labute approximate surface area is 165 Å². The fraction of sp³-hybridized carbons (Fsp3) is 0.450. The second kappa shape index (κ2) is 6.60. The fourth-order valence-corrected chi connectivity index (χ4v) is 3.88. The number of carbonyl (C=O) groups excluding carboxylic acids is 1. The van der Waals surface area contributed by atoms with Crippen LogP contribution in [0.1, 0.15) is 36.8 Å². The number of fused-ring (bicyclic) bond motifs is 1. The van der Waals surface area contributed by atoms with Crippen LogP contribution in [0.4, 0.5) is 36.3 Å². The SMILES string of the molecule is O=C1Cc2cc(Nc3ncc(C(F)(F)F)c(NC(C4CC4)C4CC4)n3)ccc2N1. The van der Waals surface area contributed by atoms with Crippen molar-refractivity contribution in [3.8, 4) is 0 Å². The van der Waals surface area contributed by atoms with Crippen molar-refractivity contribution in [2.75, 3.05) is 16.0 Å². The van der Waals surface area contributed by atoms with Gasteiger partial charge in [0.15, 0.2) is 0 Å². The highest BCUT2D eigenvalue weighted by molar-refractivity contribution is 5.99. The average molecular weight is 403 g/mol. The van der Waals surface area contributed by atoms with Gasteiger partial charge in [0.2, 0.25) is 11.9 Å². The van der Waals surface area contributed by atoms with Gasteiger partial charge in [0.05, 0.1) is 6.42 Å². The van der Waals surface area contributed by atoms with E-state index in [4.69, 9.17) is 0 Å². The summed E-state index contributed by atoms with van der Waals surface area (Å²) in [5, 5.41) is 8.79. The molecule has 1 aliphatic heterocycles. The minimum atomic E-state index is -4.53. The number of nitrogens with one attached hydrogen (secondary N) is 3. The molecule has 152 valence electrons. The Hall–Kier alpha value is -2.84. The minimum absolute atomic E-state index is 0.0379. The molecule has 29 heavy (non-hydrogen) atoms. The number of hydrogen-bond acceptors (Lipinski definition) is 5. The Bertz CT molecular complexity index is 957. The van der Waals surface area contributed by atoms with E-state index in [1.165, 1.54) is 0 Å². The topological polar surface area (TPSA) is 78.9 Å². The summed E-state index contributed by atoms with van der Waals surface area (Å²) in [5.41, 5.74) is 1.34. The van der Waals surface area contributed by atoms with Crippen molar-refractivity contribution in [2.24, 2.45) is 11.8 Å². The average Bonchev–Trinajstić information content (AvgIpc) is 3.56. The molecule has 0 atom stereocenters. The molecule has 2 heterocycles. The number of alkyl halides is 3. The molecule has 0 spiro atoms. The third-order valence-electron chi connectivity index (χ3n) is 5.64. The van der Waals surface area contributed by atoms with Gasteiger partial charge in [-0.05, 0) is 61.3 Å². The molecule has 2 aliphatic carbocycles. The minimum Gasteiger partial charge on any atom is -0.366 e. The van der Waals surface area contributed by atoms with E-state index in [0.29, 0.717) is 17.5 Å². The number of amides is 1. The van der Waals surface area contributed by atoms with Crippen LogP contribution < -0.4 is 16.0 Å². The zero-order valence-corrected chi connectivity index (χ0v) is 15.5. The van der Waals surface area contributed by atoms with Gasteiger partial charge < -0.3 is 16.0 Å². The molecule has 1 aromatic heterocycles. The molecule has 0 saturated heterocycles. The predicted molar refractivity (Wildman–Crippen MR) is 102 cm³/mol. The highest BCUT2D eigenvalue weighted by Gasteiger charge is 2.43. The van der Waals surface area contributed by atoms with Crippen LogP contribution in [0.5, 0.6) is 0 Å². The molecule has 0 bridgehead atoms. The van der Waals surface area contributed by atoms with Gasteiger partial charge in [-0.25, -0.2) is 4.98 Å². The van der Waals surface area contributed by atoms with Crippen molar-refractivity contribution in [3.05, 3.63) is 35.5 Å². The molecule has 2 saturated carbocycles. The first-order valence-corrected chi connectivity index (χ1v) is 9.77. The molecule has 0 unspecified atom stereocenters. The lowest BCUT2D eigenvalue weighted by molar-refractivity contribution is -0.137. The van der Waals surface area contributed by atoms with Crippen LogP contribution in [0.25, 0.3) is 0 Å². The van der Waals surface area contributed by atoms with Crippen molar-refractivity contribution in [2.45, 2.75) is 44.3 Å². The van der Waals surface area contributed by atoms with Crippen molar-refractivity contribution in [3.63, 3.8) is 0 Å². The fourth-order valence-electron chi connectivity index (χ4n) is 3.88. The van der Waals surface area contributed by atoms with E-state index in [1.54, 1.807) is 18.2 Å². The quantitative estimate of drug-likeness (QED) is 0.669. The summed E-state index contributed by atoms with van der Waals surface area (Å²) in [6.45, 7) is 0. The lowest BCUT2D eigenvalue weighted by Gasteiger charge is -2.21. The van der Waals surface area contributed by atoms with Crippen LogP contribution in [0.15, 0.2) is 24.4 Å². The third-order valence-corrected chi connectivity index (χ3v) is 5.64. The molecule has 0 radical (unpaired) electrons. The summed E-state index contributed by atoms with van der Waals surface area (Å²) in [5.74, 6) is 0.689. The number of halogens is 3. The Balaban J connectivity index is 1.42. The molecule has 9 heteroatoms. The number of rotatable bonds is 6. The zero-order valence-electron chi connectivity index (χ0n) is 15.5. The lowest BCUT2D eigenvalue weighted by Crippen LogP contribution is -2.27. The van der Waals surface area contributed by atoms with Crippen LogP contribution >= 0.6 is 0 Å². The Morgan fingerprint density at radius 1 is 1.14 bits per heavy atom. The number of carbonyl (C=O) groups is 1. The number of hydrogen-bond donors (Lipinski definition) is 3. The van der Waals surface area contributed by atoms with E-state index in [-0.39, 0.29) is 30.1 Å². The summed E-state index contributed by atoms with van der Waals surface area (Å²) in [6, 6.07) is 5.30. The highest BCUT2D eigenvalue weighted by atomic mass is 19.4. The Kier molecular flexibility index (Phi) is 4.15. The van der Waals surface area contributed by atoms with E-state index in [9.17, 15) is 18.0 Å². The molecular formula is C20H20F3N5O. The maximum Gasteiger partial charge on any atom is 0.421 e. The Morgan fingerprint density at radius 3 is 2.52 bits per heavy atom. The first-order chi connectivity index (χ1) is 13.9. The molecule has 6 nitrogen and oxygen atoms in total. The van der Waals surface area contributed by atoms with Crippen LogP contribution in [0, 0.1) is 11.8 Å². The molecule has 3 N–H and O–H groups in total. The predicted octanol–water partition coefficient (Wildman–Crippen LogP) is 4.33. The molecular weight excluding hydrogens is 383 g/mol. The molecule has 2 aromatic rings. The standard InChI is InChI=1S/C20H20F3N5O/c21-20(22,23)14-9-24-19(25-13-5-6-15-12(7-13)8-16(29)26-15)28-18(14)27-17(10-1-2-10)11-3-4-11/h5-7,9-11,17H,1-4,8H2,(H,26,29)(H2,24,25,27,28). The Morgan fingerprint density at radius 2 is 1.86 bits per heavy atom. The number of aromatic nitrogens is 2. The van der Waals surface area contributed by atoms with Gasteiger partial charge in [0, 0.05) is 23.6 Å². The number of nitrogens with zero attached hydrogens (tertiary/aromatic N) is 2. The van der Waals surface area contributed by atoms with Gasteiger partial charge in [-0.15, -0.1) is 0 Å². The lowest BCUT2D eigenvalue weighted by atomic mass is 10.1. The summed E-state index contributed by atoms with van der Waals surface area (Å²) in [7, 11) is 0. The summed E-state index contributed by atoms with van der Waals surface area (Å²) in [4.78, 5) is 19.5. The molecule has 2 fully saturated rings. The van der Waals surface area contributed by atoms with Gasteiger partial charge >= 0.3 is 6.18 Å². The van der Waals surface area contributed by atoms with Gasteiger partial charge in [0.25, 0.3) is 0 Å². The summed E-state index contributed by atoms with van der Waals surface area (Å²) >= 11 is 0. The monoisotopic (exact) mass is 403 g/mol. The first-order valence-electron chi connectivity index (χ1n) is 9.77. The number of anilines is 4. The molecule has 1 aromatic carbocycles. The van der Waals surface area contributed by atoms with Crippen LogP contribution in [0.3, 0.4) is 0 Å². The number of benzene rings is 1. The second-order valence-electron chi connectivity index (χ2n) is 8.02. The molecule has 1 amide bonds. The first kappa shape index (κ1) is 18.2. The van der Waals surface area contributed by atoms with Crippen LogP contribution in [-0.2, 0) is 17.4 Å². The normalized spacial score (nSPS) is 18.6. The van der Waals surface area contributed by atoms with Crippen molar-refractivity contribution in [1.29, 1.82) is 0 Å². The van der Waals surface area contributed by atoms with E-state index < -0.39 is 11.7 Å². The van der Waals surface area contributed by atoms with Gasteiger partial charge in [-0.2, -0.15) is 18.2 Å². The second-order valence-corrected chi connectivity index (χ2v) is 8.02. The van der Waals surface area contributed by atoms with Gasteiger partial charge in [-0.3, -0.25) is 4.79 Å². The molecule has 5 rings (SSSR count). The maximum absolute atomic E-state index is 13.5. The van der Waals surface area contributed by atoms with E-state index in [0.717, 1.165) is 43.1 Å². The van der Waals surface area contributed by atoms with E-state index >= 15 is 0 Å². The van der Waals surface area contributed by atoms with Gasteiger partial charge in [-0.1, -0.05) is 0 Å². The van der Waals surface area contributed by atoms with E-state index in [1.807, 2.05) is 0 Å². The third kappa shape index (κ3) is 3.86. The van der Waals surface area contributed by atoms with Gasteiger partial charge in [0.1, 0.15) is 11.4 Å². The summed E-state index contributed by atoms with van der Waals surface area (Å²) < 4.78 is 40.5. The maximum atomic E-state index is 13.5. The molecule has 3 aliphatic rings. The highest BCUT2D eigenvalue weighted by Crippen LogP contribution is 2.46. The van der Waals surface area contributed by atoms with Crippen molar-refractivity contribution >= 4 is 29.0 Å². The van der Waals surface area contributed by atoms with Crippen LogP contribution in [0.2, 0.25) is 0 Å². The smallest absolute Gasteiger partial charge is 0.366 e. The van der Waals surface area contributed by atoms with Crippen LogP contribution in [-0.4, -0.2) is 21.9 Å². The van der Waals surface area contributed by atoms with Crippen molar-refractivity contribution < 1.29 is 18.0 Å². The largest absolute Gasteiger partial charge is 0.421 e. The van der Waals surface area contributed by atoms with E-state index in [2.05, 4.69) is 25.9 Å². The zero-order chi connectivity index (χ0) is 20.2. The van der Waals surface area contributed by atoms with Crippen molar-refractivity contribution in [1.82, 2.24) is 9.97 Å². The summed E-state index contributed by atoms with van der Waals surface area (Å²) in [6.07, 6.45) is 0.767.